The number of hydrogen-bond acceptors (Lipinski definition) is 9. The van der Waals surface area contributed by atoms with Gasteiger partial charge in [0, 0.05) is 59.0 Å². The SMILES string of the molecule is C=C(OCC)c1c(C2CCC(CC(=O)OCC)CC2)nc2c(-c3cnn(-c4ccccc4)c3)cnn2c1N(COCC[Si](C)(C)C)COCC[Si](C)(C)C. The molecule has 1 aliphatic rings. The van der Waals surface area contributed by atoms with Crippen molar-refractivity contribution in [1.82, 2.24) is 24.4 Å². The van der Waals surface area contributed by atoms with Crippen LogP contribution < -0.4 is 4.90 Å². The Bertz CT molecular complexity index is 1800. The Hall–Kier alpha value is -3.79. The summed E-state index contributed by atoms with van der Waals surface area (Å²) >= 11 is 0. The Morgan fingerprint density at radius 1 is 0.870 bits per heavy atom. The number of para-hydroxylation sites is 1. The van der Waals surface area contributed by atoms with E-state index < -0.39 is 16.1 Å². The molecule has 54 heavy (non-hydrogen) atoms. The molecule has 1 saturated carbocycles. The van der Waals surface area contributed by atoms with Gasteiger partial charge in [-0.2, -0.15) is 14.7 Å². The predicted octanol–water partition coefficient (Wildman–Crippen LogP) is 9.25. The highest BCUT2D eigenvalue weighted by atomic mass is 28.3. The quantitative estimate of drug-likeness (QED) is 0.0286. The van der Waals surface area contributed by atoms with E-state index in [0.29, 0.717) is 52.1 Å². The second-order valence-corrected chi connectivity index (χ2v) is 28.1. The summed E-state index contributed by atoms with van der Waals surface area (Å²) in [5.74, 6) is 1.63. The molecule has 3 aromatic heterocycles. The Labute approximate surface area is 324 Å². The van der Waals surface area contributed by atoms with Crippen LogP contribution in [0.3, 0.4) is 0 Å². The average molecular weight is 775 g/mol. The molecule has 1 aliphatic carbocycles. The molecule has 11 nitrogen and oxygen atoms in total. The number of carbonyl (C=O) groups is 1. The van der Waals surface area contributed by atoms with Crippen LogP contribution in [0.2, 0.25) is 51.4 Å². The van der Waals surface area contributed by atoms with Crippen molar-refractivity contribution in [2.24, 2.45) is 5.92 Å². The number of fused-ring (bicyclic) bond motifs is 1. The second-order valence-electron chi connectivity index (χ2n) is 16.8. The summed E-state index contributed by atoms with van der Waals surface area (Å²) in [5.41, 5.74) is 5.25. The van der Waals surface area contributed by atoms with Crippen LogP contribution in [0.5, 0.6) is 0 Å². The number of carbonyl (C=O) groups excluding carboxylic acids is 1. The van der Waals surface area contributed by atoms with E-state index in [2.05, 4.69) is 50.8 Å². The third-order valence-electron chi connectivity index (χ3n) is 9.94. The normalized spacial score (nSPS) is 16.4. The van der Waals surface area contributed by atoms with Gasteiger partial charge < -0.3 is 23.8 Å². The molecule has 1 aromatic carbocycles. The number of aromatic nitrogens is 5. The lowest BCUT2D eigenvalue weighted by molar-refractivity contribution is -0.144. The first-order chi connectivity index (χ1) is 25.8. The van der Waals surface area contributed by atoms with E-state index in [1.165, 1.54) is 0 Å². The number of anilines is 1. The van der Waals surface area contributed by atoms with Crippen LogP contribution in [0.4, 0.5) is 5.82 Å². The van der Waals surface area contributed by atoms with Crippen molar-refractivity contribution in [1.29, 1.82) is 0 Å². The number of benzene rings is 1. The van der Waals surface area contributed by atoms with E-state index in [1.54, 1.807) is 0 Å². The minimum atomic E-state index is -1.32. The lowest BCUT2D eigenvalue weighted by Gasteiger charge is -2.32. The summed E-state index contributed by atoms with van der Waals surface area (Å²) in [6.07, 6.45) is 9.81. The molecule has 1 fully saturated rings. The van der Waals surface area contributed by atoms with Crippen LogP contribution in [0.25, 0.3) is 28.2 Å². The van der Waals surface area contributed by atoms with Crippen LogP contribution in [0, 0.1) is 5.92 Å². The van der Waals surface area contributed by atoms with Gasteiger partial charge in [0.25, 0.3) is 0 Å². The highest BCUT2D eigenvalue weighted by Gasteiger charge is 2.33. The number of rotatable bonds is 20. The maximum Gasteiger partial charge on any atom is 0.306 e. The first kappa shape index (κ1) is 41.4. The van der Waals surface area contributed by atoms with E-state index in [0.717, 1.165) is 77.3 Å². The van der Waals surface area contributed by atoms with Crippen molar-refractivity contribution in [3.63, 3.8) is 0 Å². The summed E-state index contributed by atoms with van der Waals surface area (Å²) in [5, 5.41) is 9.72. The molecule has 0 N–H and O–H groups in total. The molecule has 294 valence electrons. The van der Waals surface area contributed by atoms with Crippen molar-refractivity contribution in [3.05, 3.63) is 66.8 Å². The molecule has 13 heteroatoms. The third-order valence-corrected chi connectivity index (χ3v) is 13.4. The zero-order valence-electron chi connectivity index (χ0n) is 33.9. The highest BCUT2D eigenvalue weighted by Crippen LogP contribution is 2.43. The first-order valence-corrected chi connectivity index (χ1v) is 27.1. The highest BCUT2D eigenvalue weighted by molar-refractivity contribution is 6.76. The van der Waals surface area contributed by atoms with Crippen LogP contribution in [-0.2, 0) is 23.7 Å². The Kier molecular flexibility index (Phi) is 14.3. The molecule has 0 radical (unpaired) electrons. The largest absolute Gasteiger partial charge is 0.494 e. The van der Waals surface area contributed by atoms with Gasteiger partial charge in [-0.3, -0.25) is 4.79 Å². The molecule has 4 aromatic rings. The monoisotopic (exact) mass is 774 g/mol. The molecule has 0 bridgehead atoms. The summed E-state index contributed by atoms with van der Waals surface area (Å²) in [6, 6.07) is 12.2. The summed E-state index contributed by atoms with van der Waals surface area (Å²) in [6.45, 7) is 25.3. The molecule has 0 atom stereocenters. The molecular weight excluding hydrogens is 713 g/mol. The fourth-order valence-electron chi connectivity index (χ4n) is 6.85. The minimum absolute atomic E-state index is 0.118. The second kappa shape index (κ2) is 18.7. The summed E-state index contributed by atoms with van der Waals surface area (Å²) < 4.78 is 28.3. The van der Waals surface area contributed by atoms with E-state index in [4.69, 9.17) is 34.1 Å². The topological polar surface area (TPSA) is 105 Å². The van der Waals surface area contributed by atoms with Gasteiger partial charge in [0.1, 0.15) is 25.0 Å². The number of esters is 1. The predicted molar refractivity (Wildman–Crippen MR) is 223 cm³/mol. The van der Waals surface area contributed by atoms with Gasteiger partial charge >= 0.3 is 5.97 Å². The maximum absolute atomic E-state index is 12.4. The summed E-state index contributed by atoms with van der Waals surface area (Å²) in [4.78, 5) is 20.0. The molecule has 0 unspecified atom stereocenters. The van der Waals surface area contributed by atoms with E-state index in [-0.39, 0.29) is 17.8 Å². The zero-order chi connectivity index (χ0) is 38.9. The van der Waals surface area contributed by atoms with Gasteiger partial charge in [0.2, 0.25) is 0 Å². The summed E-state index contributed by atoms with van der Waals surface area (Å²) in [7, 11) is -2.64. The molecule has 0 saturated heterocycles. The maximum atomic E-state index is 12.4. The Morgan fingerprint density at radius 2 is 1.50 bits per heavy atom. The molecular formula is C41H62N6O5Si2. The van der Waals surface area contributed by atoms with Crippen molar-refractivity contribution in [2.45, 2.75) is 103 Å². The van der Waals surface area contributed by atoms with E-state index >= 15 is 0 Å². The van der Waals surface area contributed by atoms with Crippen LogP contribution >= 0.6 is 0 Å². The molecule has 3 heterocycles. The number of nitrogens with zero attached hydrogens (tertiary/aromatic N) is 6. The molecule has 0 spiro atoms. The van der Waals surface area contributed by atoms with Crippen LogP contribution in [0.1, 0.15) is 63.1 Å². The zero-order valence-corrected chi connectivity index (χ0v) is 35.9. The Morgan fingerprint density at radius 3 is 2.09 bits per heavy atom. The lowest BCUT2D eigenvalue weighted by atomic mass is 9.78. The van der Waals surface area contributed by atoms with Crippen LogP contribution in [-0.4, -0.2) is 86.4 Å². The fraction of sp³-hybridized carbons (Fsp3) is 0.561. The molecule has 0 amide bonds. The third kappa shape index (κ3) is 11.1. The fourth-order valence-corrected chi connectivity index (χ4v) is 8.36. The minimum Gasteiger partial charge on any atom is -0.494 e. The van der Waals surface area contributed by atoms with Gasteiger partial charge in [0.15, 0.2) is 5.65 Å². The van der Waals surface area contributed by atoms with Gasteiger partial charge in [-0.1, -0.05) is 64.1 Å². The standard InChI is InChI=1S/C41H62N6O5Si2/c1-10-51-31(3)38-39(33-19-17-32(18-20-33)25-37(48)52-11-2)44-40-36(34-26-42-46(28-34)35-15-13-12-14-16-35)27-43-47(40)41(38)45(29-49-21-23-53(4,5)6)30-50-22-24-54(7,8)9/h12-16,26-28,32-33H,3,10-11,17-25,29-30H2,1-2,4-9H3. The number of hydrogen-bond donors (Lipinski definition) is 0. The van der Waals surface area contributed by atoms with E-state index in [9.17, 15) is 4.79 Å². The Balaban J connectivity index is 1.63. The van der Waals surface area contributed by atoms with Crippen LogP contribution in [0.15, 0.2) is 55.5 Å². The van der Waals surface area contributed by atoms with Crippen molar-refractivity contribution in [3.8, 4) is 16.8 Å². The lowest BCUT2D eigenvalue weighted by Crippen LogP contribution is -2.34. The smallest absolute Gasteiger partial charge is 0.306 e. The van der Waals surface area contributed by atoms with Crippen molar-refractivity contribution < 1.29 is 23.7 Å². The van der Waals surface area contributed by atoms with Gasteiger partial charge in [-0.05, 0) is 69.7 Å². The van der Waals surface area contributed by atoms with E-state index in [1.807, 2.05) is 72.0 Å². The molecule has 5 rings (SSSR count). The van der Waals surface area contributed by atoms with Crippen molar-refractivity contribution >= 4 is 39.3 Å². The van der Waals surface area contributed by atoms with Crippen molar-refractivity contribution in [2.75, 3.05) is 44.8 Å². The van der Waals surface area contributed by atoms with Gasteiger partial charge in [0.05, 0.1) is 42.6 Å². The van der Waals surface area contributed by atoms with Gasteiger partial charge in [-0.15, -0.1) is 0 Å². The number of ether oxygens (including phenoxy) is 4. The first-order valence-electron chi connectivity index (χ1n) is 19.7. The van der Waals surface area contributed by atoms with Gasteiger partial charge in [-0.25, -0.2) is 9.67 Å². The molecule has 0 aliphatic heterocycles. The average Bonchev–Trinajstić information content (AvgIpc) is 3.78.